The van der Waals surface area contributed by atoms with Crippen LogP contribution >= 0.6 is 0 Å². The second-order valence-corrected chi connectivity index (χ2v) is 5.49. The third kappa shape index (κ3) is 3.05. The summed E-state index contributed by atoms with van der Waals surface area (Å²) in [7, 11) is 2.03. The molecule has 0 amide bonds. The first kappa shape index (κ1) is 13.8. The van der Waals surface area contributed by atoms with Gasteiger partial charge in [-0.15, -0.1) is 0 Å². The molecular formula is C18H23N. The van der Waals surface area contributed by atoms with E-state index in [0.29, 0.717) is 0 Å². The highest BCUT2D eigenvalue weighted by Crippen LogP contribution is 2.25. The number of nitrogens with one attached hydrogen (secondary N) is 1. The third-order valence-corrected chi connectivity index (χ3v) is 3.73. The summed E-state index contributed by atoms with van der Waals surface area (Å²) >= 11 is 0. The Morgan fingerprint density at radius 2 is 1.37 bits per heavy atom. The molecular weight excluding hydrogens is 230 g/mol. The number of aryl methyl sites for hydroxylation is 4. The average Bonchev–Trinajstić information content (AvgIpc) is 2.33. The van der Waals surface area contributed by atoms with Gasteiger partial charge in [-0.05, 0) is 57.0 Å². The van der Waals surface area contributed by atoms with Crippen LogP contribution in [0.2, 0.25) is 0 Å². The molecule has 2 aromatic carbocycles. The lowest BCUT2D eigenvalue weighted by atomic mass is 9.94. The molecule has 0 saturated heterocycles. The summed E-state index contributed by atoms with van der Waals surface area (Å²) in [5.41, 5.74) is 8.00. The summed E-state index contributed by atoms with van der Waals surface area (Å²) in [6.07, 6.45) is 0. The molecule has 1 nitrogen and oxygen atoms in total. The van der Waals surface area contributed by atoms with Gasteiger partial charge in [0, 0.05) is 0 Å². The summed E-state index contributed by atoms with van der Waals surface area (Å²) in [4.78, 5) is 0. The van der Waals surface area contributed by atoms with Gasteiger partial charge in [0.2, 0.25) is 0 Å². The van der Waals surface area contributed by atoms with Crippen LogP contribution in [-0.2, 0) is 0 Å². The minimum atomic E-state index is 0.262. The third-order valence-electron chi connectivity index (χ3n) is 3.73. The minimum Gasteiger partial charge on any atom is -0.309 e. The summed E-state index contributed by atoms with van der Waals surface area (Å²) < 4.78 is 0. The molecule has 1 heteroatoms. The lowest BCUT2D eigenvalue weighted by molar-refractivity contribution is 0.690. The quantitative estimate of drug-likeness (QED) is 0.863. The summed E-state index contributed by atoms with van der Waals surface area (Å²) in [5, 5.41) is 3.44. The standard InChI is InChI=1S/C18H23N/c1-12-8-13(2)10-17(9-12)18(19-5)16-7-6-14(3)15(4)11-16/h6-11,18-19H,1-5H3. The van der Waals surface area contributed by atoms with Gasteiger partial charge in [-0.3, -0.25) is 0 Å². The number of benzene rings is 2. The highest BCUT2D eigenvalue weighted by atomic mass is 14.9. The molecule has 0 saturated carbocycles. The van der Waals surface area contributed by atoms with Gasteiger partial charge in [-0.2, -0.15) is 0 Å². The van der Waals surface area contributed by atoms with Crippen molar-refractivity contribution in [2.75, 3.05) is 7.05 Å². The fraction of sp³-hybridized carbons (Fsp3) is 0.333. The highest BCUT2D eigenvalue weighted by Gasteiger charge is 2.13. The summed E-state index contributed by atoms with van der Waals surface area (Å²) in [6.45, 7) is 8.64. The first-order valence-electron chi connectivity index (χ1n) is 6.84. The van der Waals surface area contributed by atoms with E-state index < -0.39 is 0 Å². The zero-order valence-electron chi connectivity index (χ0n) is 12.5. The van der Waals surface area contributed by atoms with Crippen molar-refractivity contribution >= 4 is 0 Å². The van der Waals surface area contributed by atoms with Crippen LogP contribution in [0.25, 0.3) is 0 Å². The Morgan fingerprint density at radius 1 is 0.737 bits per heavy atom. The molecule has 0 fully saturated rings. The Balaban J connectivity index is 2.46. The van der Waals surface area contributed by atoms with E-state index in [2.05, 4.69) is 69.4 Å². The lowest BCUT2D eigenvalue weighted by Gasteiger charge is -2.19. The van der Waals surface area contributed by atoms with E-state index in [4.69, 9.17) is 0 Å². The van der Waals surface area contributed by atoms with E-state index in [1.165, 1.54) is 33.4 Å². The van der Waals surface area contributed by atoms with Crippen molar-refractivity contribution in [3.8, 4) is 0 Å². The maximum absolute atomic E-state index is 3.44. The van der Waals surface area contributed by atoms with Gasteiger partial charge in [0.1, 0.15) is 0 Å². The number of rotatable bonds is 3. The van der Waals surface area contributed by atoms with Gasteiger partial charge < -0.3 is 5.32 Å². The normalized spacial score (nSPS) is 12.5. The monoisotopic (exact) mass is 253 g/mol. The second kappa shape index (κ2) is 5.58. The van der Waals surface area contributed by atoms with Crippen molar-refractivity contribution in [1.82, 2.24) is 5.32 Å². The maximum Gasteiger partial charge on any atom is 0.0574 e. The first-order valence-corrected chi connectivity index (χ1v) is 6.84. The maximum atomic E-state index is 3.44. The van der Waals surface area contributed by atoms with Crippen LogP contribution < -0.4 is 5.32 Å². The van der Waals surface area contributed by atoms with Crippen LogP contribution in [0, 0.1) is 27.7 Å². The van der Waals surface area contributed by atoms with Crippen LogP contribution in [0.5, 0.6) is 0 Å². The van der Waals surface area contributed by atoms with Crippen molar-refractivity contribution in [2.45, 2.75) is 33.7 Å². The molecule has 19 heavy (non-hydrogen) atoms. The van der Waals surface area contributed by atoms with E-state index in [1.807, 2.05) is 7.05 Å². The van der Waals surface area contributed by atoms with Gasteiger partial charge in [0.25, 0.3) is 0 Å². The fourth-order valence-electron chi connectivity index (χ4n) is 2.65. The molecule has 1 atom stereocenters. The predicted octanol–water partition coefficient (Wildman–Crippen LogP) is 4.23. The topological polar surface area (TPSA) is 12.0 Å². The molecule has 0 radical (unpaired) electrons. The highest BCUT2D eigenvalue weighted by molar-refractivity contribution is 5.39. The van der Waals surface area contributed by atoms with E-state index in [9.17, 15) is 0 Å². The Bertz CT molecular complexity index is 564. The largest absolute Gasteiger partial charge is 0.309 e. The number of hydrogen-bond acceptors (Lipinski definition) is 1. The molecule has 100 valence electrons. The minimum absolute atomic E-state index is 0.262. The van der Waals surface area contributed by atoms with Crippen LogP contribution in [0.15, 0.2) is 36.4 Å². The fourth-order valence-corrected chi connectivity index (χ4v) is 2.65. The molecule has 0 aliphatic carbocycles. The van der Waals surface area contributed by atoms with Crippen LogP contribution in [0.3, 0.4) is 0 Å². The number of hydrogen-bond donors (Lipinski definition) is 1. The average molecular weight is 253 g/mol. The van der Waals surface area contributed by atoms with Crippen molar-refractivity contribution in [2.24, 2.45) is 0 Å². The first-order chi connectivity index (χ1) is 9.01. The van der Waals surface area contributed by atoms with Crippen molar-refractivity contribution in [3.63, 3.8) is 0 Å². The van der Waals surface area contributed by atoms with Gasteiger partial charge in [-0.1, -0.05) is 47.5 Å². The van der Waals surface area contributed by atoms with Gasteiger partial charge in [0.05, 0.1) is 6.04 Å². The van der Waals surface area contributed by atoms with Crippen molar-refractivity contribution < 1.29 is 0 Å². The van der Waals surface area contributed by atoms with E-state index in [-0.39, 0.29) is 6.04 Å². The van der Waals surface area contributed by atoms with Crippen molar-refractivity contribution in [3.05, 3.63) is 69.8 Å². The van der Waals surface area contributed by atoms with Gasteiger partial charge in [-0.25, -0.2) is 0 Å². The SMILES string of the molecule is CNC(c1cc(C)cc(C)c1)c1ccc(C)c(C)c1. The molecule has 2 aromatic rings. The molecule has 2 rings (SSSR count). The molecule has 0 aromatic heterocycles. The van der Waals surface area contributed by atoms with E-state index in [0.717, 1.165) is 0 Å². The molecule has 1 unspecified atom stereocenters. The Morgan fingerprint density at radius 3 is 1.89 bits per heavy atom. The van der Waals surface area contributed by atoms with Gasteiger partial charge in [0.15, 0.2) is 0 Å². The van der Waals surface area contributed by atoms with Crippen molar-refractivity contribution in [1.29, 1.82) is 0 Å². The Hall–Kier alpha value is -1.60. The van der Waals surface area contributed by atoms with E-state index >= 15 is 0 Å². The van der Waals surface area contributed by atoms with Crippen LogP contribution in [0.1, 0.15) is 39.4 Å². The lowest BCUT2D eigenvalue weighted by Crippen LogP contribution is -2.18. The second-order valence-electron chi connectivity index (χ2n) is 5.49. The van der Waals surface area contributed by atoms with E-state index in [1.54, 1.807) is 0 Å². The zero-order valence-corrected chi connectivity index (χ0v) is 12.5. The van der Waals surface area contributed by atoms with Gasteiger partial charge >= 0.3 is 0 Å². The smallest absolute Gasteiger partial charge is 0.0574 e. The summed E-state index contributed by atoms with van der Waals surface area (Å²) in [6, 6.07) is 13.7. The molecule has 0 spiro atoms. The zero-order chi connectivity index (χ0) is 14.0. The Kier molecular flexibility index (Phi) is 4.06. The molecule has 0 aliphatic rings. The molecule has 1 N–H and O–H groups in total. The van der Waals surface area contributed by atoms with Crippen LogP contribution in [0.4, 0.5) is 0 Å². The predicted molar refractivity (Wildman–Crippen MR) is 82.7 cm³/mol. The molecule has 0 heterocycles. The Labute approximate surface area is 116 Å². The van der Waals surface area contributed by atoms with Crippen LogP contribution in [-0.4, -0.2) is 7.05 Å². The summed E-state index contributed by atoms with van der Waals surface area (Å²) in [5.74, 6) is 0. The molecule has 0 bridgehead atoms. The molecule has 0 aliphatic heterocycles.